The second-order valence-electron chi connectivity index (χ2n) is 4.02. The van der Waals surface area contributed by atoms with Gasteiger partial charge in [0.05, 0.1) is 25.3 Å². The third-order valence-corrected chi connectivity index (χ3v) is 2.81. The molecule has 2 atom stereocenters. The van der Waals surface area contributed by atoms with Gasteiger partial charge in [-0.3, -0.25) is 4.79 Å². The smallest absolute Gasteiger partial charge is 0.310 e. The normalized spacial score (nSPS) is 14.3. The van der Waals surface area contributed by atoms with Crippen molar-refractivity contribution >= 4 is 5.97 Å². The Morgan fingerprint density at radius 2 is 2.29 bits per heavy atom. The Bertz CT molecular complexity index is 321. The molecule has 4 nitrogen and oxygen atoms in total. The molecule has 1 heterocycles. The monoisotopic (exact) mass is 239 g/mol. The van der Waals surface area contributed by atoms with E-state index >= 15 is 0 Å². The van der Waals surface area contributed by atoms with E-state index in [0.717, 1.165) is 12.2 Å². The zero-order chi connectivity index (χ0) is 12.7. The van der Waals surface area contributed by atoms with Crippen molar-refractivity contribution in [2.45, 2.75) is 39.8 Å². The molecule has 0 saturated heterocycles. The van der Waals surface area contributed by atoms with E-state index in [-0.39, 0.29) is 17.9 Å². The molecule has 96 valence electrons. The van der Waals surface area contributed by atoms with Gasteiger partial charge >= 0.3 is 5.97 Å². The molecule has 0 spiro atoms. The molecule has 1 rings (SSSR count). The van der Waals surface area contributed by atoms with Crippen molar-refractivity contribution in [3.05, 3.63) is 24.2 Å². The molecule has 1 N–H and O–H groups in total. The van der Waals surface area contributed by atoms with Gasteiger partial charge in [0, 0.05) is 6.04 Å². The molecule has 17 heavy (non-hydrogen) atoms. The molecule has 4 heteroatoms. The van der Waals surface area contributed by atoms with Crippen molar-refractivity contribution in [1.29, 1.82) is 0 Å². The Hall–Kier alpha value is -1.29. The van der Waals surface area contributed by atoms with Crippen LogP contribution in [0.1, 0.15) is 33.0 Å². The van der Waals surface area contributed by atoms with Crippen LogP contribution in [0.3, 0.4) is 0 Å². The van der Waals surface area contributed by atoms with Crippen LogP contribution in [-0.2, 0) is 16.1 Å². The summed E-state index contributed by atoms with van der Waals surface area (Å²) >= 11 is 0. The maximum Gasteiger partial charge on any atom is 0.310 e. The van der Waals surface area contributed by atoms with Gasteiger partial charge in [0.2, 0.25) is 0 Å². The van der Waals surface area contributed by atoms with E-state index in [9.17, 15) is 4.79 Å². The summed E-state index contributed by atoms with van der Waals surface area (Å²) in [5, 5.41) is 3.28. The van der Waals surface area contributed by atoms with Gasteiger partial charge in [-0.15, -0.1) is 0 Å². The molecule has 1 aromatic heterocycles. The number of rotatable bonds is 7. The predicted octanol–water partition coefficient (Wildman–Crippen LogP) is 2.35. The van der Waals surface area contributed by atoms with Crippen LogP contribution in [0.15, 0.2) is 22.8 Å². The van der Waals surface area contributed by atoms with E-state index < -0.39 is 0 Å². The average molecular weight is 239 g/mol. The van der Waals surface area contributed by atoms with E-state index in [4.69, 9.17) is 9.15 Å². The highest BCUT2D eigenvalue weighted by Gasteiger charge is 2.24. The summed E-state index contributed by atoms with van der Waals surface area (Å²) in [7, 11) is 0. The Balaban J connectivity index is 2.43. The first-order valence-electron chi connectivity index (χ1n) is 6.11. The summed E-state index contributed by atoms with van der Waals surface area (Å²) in [6, 6.07) is 3.83. The van der Waals surface area contributed by atoms with Crippen LogP contribution in [0.25, 0.3) is 0 Å². The summed E-state index contributed by atoms with van der Waals surface area (Å²) in [6.45, 7) is 6.87. The van der Waals surface area contributed by atoms with Crippen LogP contribution in [0.4, 0.5) is 0 Å². The quantitative estimate of drug-likeness (QED) is 0.742. The molecule has 0 bridgehead atoms. The van der Waals surface area contributed by atoms with E-state index in [1.807, 2.05) is 32.9 Å². The van der Waals surface area contributed by atoms with Crippen LogP contribution in [0.5, 0.6) is 0 Å². The van der Waals surface area contributed by atoms with Crippen LogP contribution >= 0.6 is 0 Å². The third-order valence-electron chi connectivity index (χ3n) is 2.81. The highest BCUT2D eigenvalue weighted by molar-refractivity contribution is 5.73. The van der Waals surface area contributed by atoms with Crippen LogP contribution in [-0.4, -0.2) is 18.6 Å². The van der Waals surface area contributed by atoms with Crippen molar-refractivity contribution in [2.24, 2.45) is 5.92 Å². The predicted molar refractivity (Wildman–Crippen MR) is 65.4 cm³/mol. The van der Waals surface area contributed by atoms with E-state index in [0.29, 0.717) is 13.2 Å². The lowest BCUT2D eigenvalue weighted by Gasteiger charge is -2.21. The minimum Gasteiger partial charge on any atom is -0.468 e. The van der Waals surface area contributed by atoms with Crippen molar-refractivity contribution in [3.8, 4) is 0 Å². The number of carbonyl (C=O) groups is 1. The molecular formula is C13H21NO3. The zero-order valence-corrected chi connectivity index (χ0v) is 10.7. The number of nitrogens with one attached hydrogen (secondary N) is 1. The van der Waals surface area contributed by atoms with Crippen molar-refractivity contribution in [3.63, 3.8) is 0 Å². The average Bonchev–Trinajstić information content (AvgIpc) is 2.80. The molecule has 0 fully saturated rings. The number of esters is 1. The van der Waals surface area contributed by atoms with Gasteiger partial charge < -0.3 is 14.5 Å². The fourth-order valence-corrected chi connectivity index (χ4v) is 1.79. The summed E-state index contributed by atoms with van der Waals surface area (Å²) in [5.41, 5.74) is 0. The number of furan rings is 1. The SMILES string of the molecule is CCOC(=O)C(CC)C(C)NCc1ccco1. The van der Waals surface area contributed by atoms with Gasteiger partial charge in [-0.25, -0.2) is 0 Å². The summed E-state index contributed by atoms with van der Waals surface area (Å²) in [4.78, 5) is 11.7. The molecule has 0 radical (unpaired) electrons. The number of ether oxygens (including phenoxy) is 1. The molecule has 0 aliphatic heterocycles. The lowest BCUT2D eigenvalue weighted by Crippen LogP contribution is -2.38. The fraction of sp³-hybridized carbons (Fsp3) is 0.615. The van der Waals surface area contributed by atoms with Crippen molar-refractivity contribution < 1.29 is 13.9 Å². The Morgan fingerprint density at radius 1 is 1.53 bits per heavy atom. The van der Waals surface area contributed by atoms with E-state index in [1.54, 1.807) is 6.26 Å². The number of hydrogen-bond acceptors (Lipinski definition) is 4. The molecule has 1 aromatic rings. The summed E-state index contributed by atoms with van der Waals surface area (Å²) < 4.78 is 10.3. The maximum atomic E-state index is 11.7. The molecule has 0 aliphatic carbocycles. The van der Waals surface area contributed by atoms with Gasteiger partial charge in [0.1, 0.15) is 5.76 Å². The standard InChI is InChI=1S/C13H21NO3/c1-4-12(13(15)16-5-2)10(3)14-9-11-7-6-8-17-11/h6-8,10,12,14H,4-5,9H2,1-3H3. The van der Waals surface area contributed by atoms with Crippen molar-refractivity contribution in [2.75, 3.05) is 6.61 Å². The van der Waals surface area contributed by atoms with Gasteiger partial charge in [0.15, 0.2) is 0 Å². The third kappa shape index (κ3) is 4.23. The highest BCUT2D eigenvalue weighted by atomic mass is 16.5. The minimum atomic E-state index is -0.130. The second kappa shape index (κ2) is 7.12. The van der Waals surface area contributed by atoms with Gasteiger partial charge in [-0.1, -0.05) is 6.92 Å². The Kier molecular flexibility index (Phi) is 5.77. The fourth-order valence-electron chi connectivity index (χ4n) is 1.79. The second-order valence-corrected chi connectivity index (χ2v) is 4.02. The number of carbonyl (C=O) groups excluding carboxylic acids is 1. The number of hydrogen-bond donors (Lipinski definition) is 1. The molecule has 0 aliphatic rings. The van der Waals surface area contributed by atoms with E-state index in [1.165, 1.54) is 0 Å². The first kappa shape index (κ1) is 13.8. The zero-order valence-electron chi connectivity index (χ0n) is 10.7. The van der Waals surface area contributed by atoms with Crippen LogP contribution < -0.4 is 5.32 Å². The Morgan fingerprint density at radius 3 is 2.82 bits per heavy atom. The lowest BCUT2D eigenvalue weighted by atomic mass is 9.98. The molecule has 0 amide bonds. The maximum absolute atomic E-state index is 11.7. The Labute approximate surface area is 102 Å². The van der Waals surface area contributed by atoms with Crippen LogP contribution in [0, 0.1) is 5.92 Å². The first-order valence-corrected chi connectivity index (χ1v) is 6.11. The molecular weight excluding hydrogens is 218 g/mol. The topological polar surface area (TPSA) is 51.5 Å². The summed E-state index contributed by atoms with van der Waals surface area (Å²) in [6.07, 6.45) is 2.41. The molecule has 0 aromatic carbocycles. The minimum absolute atomic E-state index is 0.0733. The van der Waals surface area contributed by atoms with Gasteiger partial charge in [-0.2, -0.15) is 0 Å². The largest absolute Gasteiger partial charge is 0.468 e. The summed E-state index contributed by atoms with van der Waals surface area (Å²) in [5.74, 6) is 0.634. The van der Waals surface area contributed by atoms with E-state index in [2.05, 4.69) is 5.32 Å². The highest BCUT2D eigenvalue weighted by Crippen LogP contribution is 2.12. The first-order chi connectivity index (χ1) is 8.19. The van der Waals surface area contributed by atoms with Crippen LogP contribution in [0.2, 0.25) is 0 Å². The lowest BCUT2D eigenvalue weighted by molar-refractivity contribution is -0.149. The molecule has 2 unspecified atom stereocenters. The molecule has 0 saturated carbocycles. The van der Waals surface area contributed by atoms with Gasteiger partial charge in [-0.05, 0) is 32.4 Å². The van der Waals surface area contributed by atoms with Gasteiger partial charge in [0.25, 0.3) is 0 Å². The van der Waals surface area contributed by atoms with Crippen molar-refractivity contribution in [1.82, 2.24) is 5.32 Å².